The first-order valence-electron chi connectivity index (χ1n) is 13.5. The third kappa shape index (κ3) is 5.01. The molecule has 0 radical (unpaired) electrons. The van der Waals surface area contributed by atoms with Crippen LogP contribution < -0.4 is 15.1 Å². The van der Waals surface area contributed by atoms with Crippen molar-refractivity contribution in [2.45, 2.75) is 78.6 Å². The summed E-state index contributed by atoms with van der Waals surface area (Å²) in [6.07, 6.45) is 2.22. The molecule has 9 nitrogen and oxygen atoms in total. The maximum Gasteiger partial charge on any atom is 0.414 e. The van der Waals surface area contributed by atoms with E-state index >= 15 is 8.78 Å². The predicted octanol–water partition coefficient (Wildman–Crippen LogP) is 6.66. The Hall–Kier alpha value is -3.63. The molecule has 3 aromatic rings. The lowest BCUT2D eigenvalue weighted by atomic mass is 10.1. The number of nitrogens with zero attached hydrogens (tertiary/aromatic N) is 3. The lowest BCUT2D eigenvalue weighted by molar-refractivity contribution is 0.0515. The smallest absolute Gasteiger partial charge is 0.414 e. The first-order chi connectivity index (χ1) is 18.5. The molecular weight excluding hydrogens is 520 g/mol. The average Bonchev–Trinajstić information content (AvgIpc) is 3.13. The molecule has 2 aromatic heterocycles. The van der Waals surface area contributed by atoms with E-state index in [0.717, 1.165) is 30.2 Å². The Kier molecular flexibility index (Phi) is 6.43. The second kappa shape index (κ2) is 9.21. The van der Waals surface area contributed by atoms with E-state index in [2.05, 4.69) is 20.2 Å². The van der Waals surface area contributed by atoms with Crippen LogP contribution in [0.4, 0.5) is 29.7 Å². The van der Waals surface area contributed by atoms with Crippen molar-refractivity contribution >= 4 is 45.5 Å². The first kappa shape index (κ1) is 27.9. The summed E-state index contributed by atoms with van der Waals surface area (Å²) in [5.41, 5.74) is 0.896. The summed E-state index contributed by atoms with van der Waals surface area (Å²) in [7, 11) is 1.46. The number of carbonyl (C=O) groups is 2. The van der Waals surface area contributed by atoms with Crippen molar-refractivity contribution in [2.24, 2.45) is 5.41 Å². The second-order valence-corrected chi connectivity index (χ2v) is 13.1. The van der Waals surface area contributed by atoms with Crippen molar-refractivity contribution < 1.29 is 30.7 Å². The second-order valence-electron chi connectivity index (χ2n) is 13.1. The molecule has 2 N–H and O–H groups in total. The zero-order valence-corrected chi connectivity index (χ0v) is 24.3. The number of fused-ring (bicyclic) bond motifs is 3. The molecule has 1 spiro atoms. The van der Waals surface area contributed by atoms with Gasteiger partial charge in [0, 0.05) is 46.7 Å². The fraction of sp³-hybridized carbons (Fsp3) is 0.552. The standard InChI is InChI=1S/C29H37F2N5O4.2H2/c1-15-13-32-24-20(23(15)36-10-9-29(14-36)12-18(29)33-25(37)39-27(2,3)4)19-21(31)16(30)11-17(22(19)34-24)35(8)26(38)40-28(5,6)7;;/h11,13,18H,9-10,12,14H2,1-8H3,(H,32,34)(H,33,37);2*1H. The van der Waals surface area contributed by atoms with Crippen LogP contribution in [0.5, 0.6) is 0 Å². The number of H-pyrrole nitrogens is 1. The molecule has 2 aliphatic rings. The Labute approximate surface area is 235 Å². The molecular formula is C29H41F2N5O4. The van der Waals surface area contributed by atoms with Gasteiger partial charge in [-0.25, -0.2) is 23.4 Å². The monoisotopic (exact) mass is 561 g/mol. The van der Waals surface area contributed by atoms with Crippen LogP contribution in [0.3, 0.4) is 0 Å². The van der Waals surface area contributed by atoms with Crippen LogP contribution in [0.1, 0.15) is 62.8 Å². The third-order valence-electron chi connectivity index (χ3n) is 7.54. The highest BCUT2D eigenvalue weighted by molar-refractivity contribution is 6.17. The molecule has 1 aliphatic heterocycles. The molecule has 3 heterocycles. The van der Waals surface area contributed by atoms with Crippen LogP contribution in [0.2, 0.25) is 0 Å². The van der Waals surface area contributed by atoms with Gasteiger partial charge >= 0.3 is 12.2 Å². The van der Waals surface area contributed by atoms with E-state index in [1.165, 1.54) is 11.9 Å². The van der Waals surface area contributed by atoms with Crippen LogP contribution in [-0.4, -0.2) is 59.5 Å². The quantitative estimate of drug-likeness (QED) is 0.371. The largest absolute Gasteiger partial charge is 0.444 e. The Morgan fingerprint density at radius 1 is 1.18 bits per heavy atom. The van der Waals surface area contributed by atoms with E-state index in [1.54, 1.807) is 27.0 Å². The van der Waals surface area contributed by atoms with E-state index in [4.69, 9.17) is 9.47 Å². The number of alkyl carbamates (subject to hydrolysis) is 1. The van der Waals surface area contributed by atoms with E-state index < -0.39 is 35.0 Å². The maximum absolute atomic E-state index is 15.5. The minimum Gasteiger partial charge on any atom is -0.444 e. The van der Waals surface area contributed by atoms with Gasteiger partial charge in [0.2, 0.25) is 0 Å². The molecule has 1 saturated heterocycles. The number of anilines is 2. The fourth-order valence-corrected chi connectivity index (χ4v) is 5.66. The molecule has 2 unspecified atom stereocenters. The first-order valence-corrected chi connectivity index (χ1v) is 13.5. The summed E-state index contributed by atoms with van der Waals surface area (Å²) >= 11 is 0. The number of aromatic nitrogens is 2. The lowest BCUT2D eigenvalue weighted by Gasteiger charge is -2.25. The number of benzene rings is 1. The summed E-state index contributed by atoms with van der Waals surface area (Å²) in [4.78, 5) is 36.1. The van der Waals surface area contributed by atoms with Gasteiger partial charge in [0.05, 0.1) is 27.7 Å². The highest BCUT2D eigenvalue weighted by atomic mass is 19.2. The van der Waals surface area contributed by atoms with Gasteiger partial charge in [-0.05, 0) is 66.9 Å². The van der Waals surface area contributed by atoms with Gasteiger partial charge in [-0.2, -0.15) is 0 Å². The van der Waals surface area contributed by atoms with Crippen LogP contribution in [0.15, 0.2) is 12.3 Å². The third-order valence-corrected chi connectivity index (χ3v) is 7.54. The van der Waals surface area contributed by atoms with Crippen molar-refractivity contribution in [3.63, 3.8) is 0 Å². The molecule has 2 atom stereocenters. The number of carbonyl (C=O) groups excluding carboxylic acids is 2. The van der Waals surface area contributed by atoms with Crippen molar-refractivity contribution in [3.8, 4) is 0 Å². The lowest BCUT2D eigenvalue weighted by Crippen LogP contribution is -2.36. The number of aromatic amines is 1. The van der Waals surface area contributed by atoms with Crippen LogP contribution in [-0.2, 0) is 9.47 Å². The number of amides is 2. The SMILES string of the molecule is Cc1cnc2[nH]c3c(N(C)C(=O)OC(C)(C)C)cc(F)c(F)c3c2c1N1CCC2(CC2NC(=O)OC(C)(C)C)C1.[HH].[HH]. The number of nitrogens with one attached hydrogen (secondary N) is 2. The van der Waals surface area contributed by atoms with Gasteiger partial charge in [0.15, 0.2) is 11.6 Å². The van der Waals surface area contributed by atoms with Crippen LogP contribution in [0, 0.1) is 24.0 Å². The molecule has 5 rings (SSSR count). The minimum absolute atomic E-state index is 0. The van der Waals surface area contributed by atoms with Gasteiger partial charge in [-0.3, -0.25) is 4.90 Å². The number of hydrogen-bond donors (Lipinski definition) is 2. The van der Waals surface area contributed by atoms with E-state index in [9.17, 15) is 9.59 Å². The van der Waals surface area contributed by atoms with Gasteiger partial charge in [0.1, 0.15) is 16.8 Å². The number of pyridine rings is 1. The van der Waals surface area contributed by atoms with E-state index in [1.807, 2.05) is 27.7 Å². The van der Waals surface area contributed by atoms with Crippen molar-refractivity contribution in [2.75, 3.05) is 29.9 Å². The summed E-state index contributed by atoms with van der Waals surface area (Å²) < 4.78 is 41.5. The van der Waals surface area contributed by atoms with Crippen molar-refractivity contribution in [3.05, 3.63) is 29.5 Å². The molecule has 40 heavy (non-hydrogen) atoms. The fourth-order valence-electron chi connectivity index (χ4n) is 5.66. The Balaban J connectivity index is 0.00000242. The normalized spacial score (nSPS) is 20.9. The summed E-state index contributed by atoms with van der Waals surface area (Å²) in [6.45, 7) is 13.9. The molecule has 0 bridgehead atoms. The molecule has 2 amide bonds. The van der Waals surface area contributed by atoms with E-state index in [0.29, 0.717) is 24.1 Å². The van der Waals surface area contributed by atoms with Gasteiger partial charge in [0.25, 0.3) is 0 Å². The number of ether oxygens (including phenoxy) is 2. The highest BCUT2D eigenvalue weighted by Gasteiger charge is 2.58. The molecule has 11 heteroatoms. The van der Waals surface area contributed by atoms with Gasteiger partial charge in [-0.15, -0.1) is 0 Å². The Morgan fingerprint density at radius 2 is 1.85 bits per heavy atom. The van der Waals surface area contributed by atoms with Crippen molar-refractivity contribution in [1.29, 1.82) is 0 Å². The predicted molar refractivity (Wildman–Crippen MR) is 154 cm³/mol. The Bertz CT molecular complexity index is 1530. The topological polar surface area (TPSA) is 99.8 Å². The average molecular weight is 562 g/mol. The van der Waals surface area contributed by atoms with Crippen molar-refractivity contribution in [1.82, 2.24) is 15.3 Å². The summed E-state index contributed by atoms with van der Waals surface area (Å²) in [6, 6.07) is 0.974. The zero-order chi connectivity index (χ0) is 29.4. The van der Waals surface area contributed by atoms with Crippen LogP contribution in [0.25, 0.3) is 21.9 Å². The Morgan fingerprint density at radius 3 is 2.50 bits per heavy atom. The number of aryl methyl sites for hydroxylation is 1. The summed E-state index contributed by atoms with van der Waals surface area (Å²) in [5.74, 6) is -2.09. The maximum atomic E-state index is 15.5. The van der Waals surface area contributed by atoms with E-state index in [-0.39, 0.29) is 30.9 Å². The molecule has 1 aromatic carbocycles. The highest BCUT2D eigenvalue weighted by Crippen LogP contribution is 2.55. The van der Waals surface area contributed by atoms with Gasteiger partial charge in [-0.1, -0.05) is 0 Å². The molecule has 2 fully saturated rings. The van der Waals surface area contributed by atoms with Gasteiger partial charge < -0.3 is 24.7 Å². The number of rotatable bonds is 3. The number of halogens is 2. The zero-order valence-electron chi connectivity index (χ0n) is 24.3. The molecule has 1 saturated carbocycles. The number of hydrogen-bond acceptors (Lipinski definition) is 6. The summed E-state index contributed by atoms with van der Waals surface area (Å²) in [5, 5.41) is 3.48. The molecule has 1 aliphatic carbocycles. The van der Waals surface area contributed by atoms with Crippen LogP contribution >= 0.6 is 0 Å². The minimum atomic E-state index is -1.08. The molecule has 220 valence electrons.